The predicted octanol–water partition coefficient (Wildman–Crippen LogP) is 0.824. The van der Waals surface area contributed by atoms with Crippen LogP contribution in [0.15, 0.2) is 24.3 Å². The third-order valence-electron chi connectivity index (χ3n) is 2.24. The van der Waals surface area contributed by atoms with Gasteiger partial charge in [-0.25, -0.2) is 0 Å². The van der Waals surface area contributed by atoms with Gasteiger partial charge in [-0.3, -0.25) is 4.79 Å². The number of hydrogen-bond donors (Lipinski definition) is 2. The van der Waals surface area contributed by atoms with Gasteiger partial charge >= 0.3 is 0 Å². The van der Waals surface area contributed by atoms with E-state index in [0.717, 1.165) is 0 Å². The van der Waals surface area contributed by atoms with Gasteiger partial charge in [0.1, 0.15) is 11.8 Å². The molecule has 0 fully saturated rings. The van der Waals surface area contributed by atoms with Crippen molar-refractivity contribution in [2.75, 3.05) is 13.2 Å². The van der Waals surface area contributed by atoms with Gasteiger partial charge in [-0.2, -0.15) is 5.26 Å². The van der Waals surface area contributed by atoms with Gasteiger partial charge in [-0.15, -0.1) is 0 Å². The number of rotatable bonds is 5. The topological polar surface area (TPSA) is 82.3 Å². The number of hydrogen-bond acceptors (Lipinski definition) is 4. The van der Waals surface area contributed by atoms with E-state index in [2.05, 4.69) is 5.32 Å². The number of nitrogens with zero attached hydrogens (tertiary/aromatic N) is 1. The van der Waals surface area contributed by atoms with Crippen molar-refractivity contribution in [2.24, 2.45) is 0 Å². The fourth-order valence-electron chi connectivity index (χ4n) is 1.28. The lowest BCUT2D eigenvalue weighted by molar-refractivity contribution is -0.125. The Balaban J connectivity index is 2.56. The molecule has 0 saturated carbocycles. The summed E-state index contributed by atoms with van der Waals surface area (Å²) in [6.07, 6.45) is 0. The Bertz CT molecular complexity index is 464. The van der Waals surface area contributed by atoms with E-state index in [1.807, 2.05) is 6.07 Å². The molecule has 1 aromatic rings. The van der Waals surface area contributed by atoms with Crippen molar-refractivity contribution in [2.45, 2.75) is 19.4 Å². The normalized spacial score (nSPS) is 10.6. The number of nitrogens with one attached hydrogen (secondary N) is 1. The molecule has 0 radical (unpaired) electrons. The minimum absolute atomic E-state index is 0.159. The molecule has 0 bridgehead atoms. The van der Waals surface area contributed by atoms with Gasteiger partial charge in [0.15, 0.2) is 6.61 Å². The molecule has 0 aliphatic rings. The highest BCUT2D eigenvalue weighted by Gasteiger charge is 2.19. The molecular weight excluding hydrogens is 232 g/mol. The van der Waals surface area contributed by atoms with Crippen LogP contribution in [0.25, 0.3) is 0 Å². The molecular formula is C13H16N2O3. The number of benzene rings is 1. The average molecular weight is 248 g/mol. The predicted molar refractivity (Wildman–Crippen MR) is 66.0 cm³/mol. The number of aliphatic hydroxyl groups excluding tert-OH is 1. The summed E-state index contributed by atoms with van der Waals surface area (Å²) in [7, 11) is 0. The van der Waals surface area contributed by atoms with Crippen molar-refractivity contribution in [1.82, 2.24) is 5.32 Å². The highest BCUT2D eigenvalue weighted by Crippen LogP contribution is 2.16. The lowest BCUT2D eigenvalue weighted by Crippen LogP contribution is -2.48. The number of ether oxygens (including phenoxy) is 1. The van der Waals surface area contributed by atoms with Crippen molar-refractivity contribution in [3.05, 3.63) is 29.8 Å². The SMILES string of the molecule is CC(C)(CO)NC(=O)COc1ccccc1C#N. The van der Waals surface area contributed by atoms with E-state index in [1.165, 1.54) is 0 Å². The van der Waals surface area contributed by atoms with Crippen molar-refractivity contribution in [3.63, 3.8) is 0 Å². The molecule has 0 atom stereocenters. The van der Waals surface area contributed by atoms with Crippen LogP contribution in [-0.2, 0) is 4.79 Å². The molecule has 5 nitrogen and oxygen atoms in total. The summed E-state index contributed by atoms with van der Waals surface area (Å²) in [5.41, 5.74) is -0.304. The van der Waals surface area contributed by atoms with Gasteiger partial charge in [0.05, 0.1) is 17.7 Å². The third-order valence-corrected chi connectivity index (χ3v) is 2.24. The maximum absolute atomic E-state index is 11.6. The van der Waals surface area contributed by atoms with Crippen LogP contribution in [-0.4, -0.2) is 29.8 Å². The Labute approximate surface area is 106 Å². The fraction of sp³-hybridized carbons (Fsp3) is 0.385. The van der Waals surface area contributed by atoms with Crippen LogP contribution in [0.5, 0.6) is 5.75 Å². The quantitative estimate of drug-likeness (QED) is 0.808. The molecule has 1 aromatic carbocycles. The summed E-state index contributed by atoms with van der Waals surface area (Å²) >= 11 is 0. The van der Waals surface area contributed by atoms with Crippen LogP contribution >= 0.6 is 0 Å². The molecule has 0 unspecified atom stereocenters. The van der Waals surface area contributed by atoms with Gasteiger partial charge < -0.3 is 15.2 Å². The van der Waals surface area contributed by atoms with E-state index >= 15 is 0 Å². The standard InChI is InChI=1S/C13H16N2O3/c1-13(2,9-16)15-12(17)8-18-11-6-4-3-5-10(11)7-14/h3-6,16H,8-9H2,1-2H3,(H,15,17). The number of carbonyl (C=O) groups is 1. The Morgan fingerprint density at radius 1 is 1.50 bits per heavy atom. The Kier molecular flexibility index (Phi) is 4.69. The molecule has 96 valence electrons. The van der Waals surface area contributed by atoms with Gasteiger partial charge in [0.2, 0.25) is 0 Å². The maximum Gasteiger partial charge on any atom is 0.258 e. The Morgan fingerprint density at radius 3 is 2.78 bits per heavy atom. The smallest absolute Gasteiger partial charge is 0.258 e. The van der Waals surface area contributed by atoms with E-state index in [9.17, 15) is 4.79 Å². The van der Waals surface area contributed by atoms with E-state index in [-0.39, 0.29) is 19.1 Å². The molecule has 0 aromatic heterocycles. The van der Waals surface area contributed by atoms with Crippen LogP contribution in [0, 0.1) is 11.3 Å². The molecule has 2 N–H and O–H groups in total. The van der Waals surface area contributed by atoms with Crippen LogP contribution in [0.2, 0.25) is 0 Å². The first-order chi connectivity index (χ1) is 8.48. The molecule has 0 spiro atoms. The van der Waals surface area contributed by atoms with Crippen LogP contribution in [0.1, 0.15) is 19.4 Å². The van der Waals surface area contributed by atoms with E-state index in [0.29, 0.717) is 11.3 Å². The van der Waals surface area contributed by atoms with E-state index in [1.54, 1.807) is 38.1 Å². The Morgan fingerprint density at radius 2 is 2.17 bits per heavy atom. The first-order valence-corrected chi connectivity index (χ1v) is 5.52. The number of aliphatic hydroxyl groups is 1. The molecule has 18 heavy (non-hydrogen) atoms. The monoisotopic (exact) mass is 248 g/mol. The van der Waals surface area contributed by atoms with Crippen molar-refractivity contribution >= 4 is 5.91 Å². The van der Waals surface area contributed by atoms with Crippen LogP contribution < -0.4 is 10.1 Å². The molecule has 0 saturated heterocycles. The summed E-state index contributed by atoms with van der Waals surface area (Å²) in [6, 6.07) is 8.68. The second kappa shape index (κ2) is 6.03. The largest absolute Gasteiger partial charge is 0.482 e. The zero-order valence-corrected chi connectivity index (χ0v) is 10.4. The summed E-state index contributed by atoms with van der Waals surface area (Å²) in [4.78, 5) is 11.6. The maximum atomic E-state index is 11.6. The lowest BCUT2D eigenvalue weighted by Gasteiger charge is -2.23. The average Bonchev–Trinajstić information content (AvgIpc) is 2.36. The molecule has 0 aliphatic carbocycles. The Hall–Kier alpha value is -2.06. The second-order valence-corrected chi connectivity index (χ2v) is 4.49. The minimum atomic E-state index is -0.685. The highest BCUT2D eigenvalue weighted by atomic mass is 16.5. The van der Waals surface area contributed by atoms with Gasteiger partial charge in [0.25, 0.3) is 5.91 Å². The van der Waals surface area contributed by atoms with Gasteiger partial charge in [-0.05, 0) is 26.0 Å². The van der Waals surface area contributed by atoms with E-state index in [4.69, 9.17) is 15.1 Å². The molecule has 0 aliphatic heterocycles. The molecule has 1 rings (SSSR count). The zero-order valence-electron chi connectivity index (χ0n) is 10.4. The molecule has 1 amide bonds. The third kappa shape index (κ3) is 4.07. The van der Waals surface area contributed by atoms with Crippen LogP contribution in [0.4, 0.5) is 0 Å². The number of amides is 1. The first-order valence-electron chi connectivity index (χ1n) is 5.52. The number of para-hydroxylation sites is 1. The van der Waals surface area contributed by atoms with Gasteiger partial charge in [0, 0.05) is 0 Å². The summed E-state index contributed by atoms with van der Waals surface area (Å²) in [6.45, 7) is 3.05. The van der Waals surface area contributed by atoms with Crippen LogP contribution in [0.3, 0.4) is 0 Å². The lowest BCUT2D eigenvalue weighted by atomic mass is 10.1. The summed E-state index contributed by atoms with van der Waals surface area (Å²) in [5.74, 6) is 0.0266. The second-order valence-electron chi connectivity index (χ2n) is 4.49. The summed E-state index contributed by atoms with van der Waals surface area (Å²) < 4.78 is 5.26. The fourth-order valence-corrected chi connectivity index (χ4v) is 1.28. The van der Waals surface area contributed by atoms with Crippen molar-refractivity contribution < 1.29 is 14.6 Å². The molecule has 5 heteroatoms. The minimum Gasteiger partial charge on any atom is -0.482 e. The van der Waals surface area contributed by atoms with E-state index < -0.39 is 5.54 Å². The first kappa shape index (κ1) is 14.0. The number of nitriles is 1. The van der Waals surface area contributed by atoms with Crippen molar-refractivity contribution in [3.8, 4) is 11.8 Å². The van der Waals surface area contributed by atoms with Crippen molar-refractivity contribution in [1.29, 1.82) is 5.26 Å². The zero-order chi connectivity index (χ0) is 13.6. The summed E-state index contributed by atoms with van der Waals surface area (Å²) in [5, 5.41) is 20.5. The molecule has 0 heterocycles. The number of carbonyl (C=O) groups excluding carboxylic acids is 1. The highest BCUT2D eigenvalue weighted by molar-refractivity contribution is 5.78. The van der Waals surface area contributed by atoms with Gasteiger partial charge in [-0.1, -0.05) is 12.1 Å².